The molecule has 24 heavy (non-hydrogen) atoms. The van der Waals surface area contributed by atoms with Crippen LogP contribution in [0.25, 0.3) is 0 Å². The number of hydrogen-bond acceptors (Lipinski definition) is 6. The number of likely N-dealkylation sites (tertiary alicyclic amines) is 1. The Kier molecular flexibility index (Phi) is 4.05. The molecule has 7 heteroatoms. The van der Waals surface area contributed by atoms with Gasteiger partial charge in [-0.25, -0.2) is 0 Å². The third kappa shape index (κ3) is 2.71. The number of aliphatic hydroxyl groups excluding tert-OH is 1. The van der Waals surface area contributed by atoms with Gasteiger partial charge in [0.2, 0.25) is 11.8 Å². The number of rotatable bonds is 2. The first-order valence-corrected chi connectivity index (χ1v) is 9.16. The van der Waals surface area contributed by atoms with Gasteiger partial charge in [-0.15, -0.1) is 11.8 Å². The largest absolute Gasteiger partial charge is 0.391 e. The van der Waals surface area contributed by atoms with Gasteiger partial charge in [0.1, 0.15) is 11.3 Å². The van der Waals surface area contributed by atoms with Crippen molar-refractivity contribution >= 4 is 17.7 Å². The lowest BCUT2D eigenvalue weighted by atomic mass is 10.0. The molecule has 1 aromatic heterocycles. The highest BCUT2D eigenvalue weighted by Crippen LogP contribution is 2.41. The fourth-order valence-electron chi connectivity index (χ4n) is 3.49. The molecular formula is C17H19N3O3S. The Hall–Kier alpha value is -1.86. The minimum absolute atomic E-state index is 0.0181. The van der Waals surface area contributed by atoms with Crippen LogP contribution in [0.4, 0.5) is 0 Å². The summed E-state index contributed by atoms with van der Waals surface area (Å²) in [5.74, 6) is 1.89. The highest BCUT2D eigenvalue weighted by atomic mass is 32.2. The number of carbonyl (C=O) groups excluding carboxylic acids is 1. The smallest absolute Gasteiger partial charge is 0.249 e. The van der Waals surface area contributed by atoms with Crippen LogP contribution in [0.15, 0.2) is 28.8 Å². The lowest BCUT2D eigenvalue weighted by Crippen LogP contribution is -2.36. The molecule has 0 radical (unpaired) electrons. The number of hydrogen-bond donors (Lipinski definition) is 1. The van der Waals surface area contributed by atoms with Gasteiger partial charge >= 0.3 is 0 Å². The Balaban J connectivity index is 1.64. The first-order valence-electron chi connectivity index (χ1n) is 8.11. The molecular weight excluding hydrogens is 326 g/mol. The third-order valence-corrected chi connectivity index (χ3v) is 5.84. The minimum Gasteiger partial charge on any atom is -0.391 e. The van der Waals surface area contributed by atoms with Crippen molar-refractivity contribution < 1.29 is 14.4 Å². The van der Waals surface area contributed by atoms with Crippen LogP contribution in [0.3, 0.4) is 0 Å². The zero-order valence-electron chi connectivity index (χ0n) is 13.4. The lowest BCUT2D eigenvalue weighted by Gasteiger charge is -2.30. The van der Waals surface area contributed by atoms with E-state index in [1.807, 2.05) is 18.2 Å². The summed E-state index contributed by atoms with van der Waals surface area (Å²) < 4.78 is 5.26. The number of aromatic nitrogens is 2. The van der Waals surface area contributed by atoms with Crippen LogP contribution in [0.2, 0.25) is 0 Å². The topological polar surface area (TPSA) is 79.5 Å². The average Bonchev–Trinajstić information content (AvgIpc) is 3.19. The molecule has 2 aliphatic rings. The number of amides is 1. The summed E-state index contributed by atoms with van der Waals surface area (Å²) in [7, 11) is 0. The Bertz CT molecular complexity index is 763. The normalized spacial score (nSPS) is 26.4. The number of carbonyl (C=O) groups is 1. The van der Waals surface area contributed by atoms with E-state index < -0.39 is 6.10 Å². The molecule has 4 rings (SSSR count). The van der Waals surface area contributed by atoms with E-state index in [0.717, 1.165) is 17.7 Å². The van der Waals surface area contributed by atoms with E-state index in [-0.39, 0.29) is 17.2 Å². The van der Waals surface area contributed by atoms with E-state index in [1.165, 1.54) is 5.56 Å². The van der Waals surface area contributed by atoms with E-state index in [1.54, 1.807) is 23.6 Å². The fraction of sp³-hybridized carbons (Fsp3) is 0.471. The fourth-order valence-corrected chi connectivity index (χ4v) is 4.75. The molecule has 1 aromatic carbocycles. The van der Waals surface area contributed by atoms with Crippen LogP contribution in [0.1, 0.15) is 40.6 Å². The Labute approximate surface area is 144 Å². The highest BCUT2D eigenvalue weighted by molar-refractivity contribution is 8.00. The molecule has 0 unspecified atom stereocenters. The second-order valence-electron chi connectivity index (χ2n) is 6.28. The summed E-state index contributed by atoms with van der Waals surface area (Å²) >= 11 is 1.67. The number of aryl methyl sites for hydroxylation is 2. The predicted octanol–water partition coefficient (Wildman–Crippen LogP) is 2.04. The number of thioether (sulfide) groups is 1. The van der Waals surface area contributed by atoms with Gasteiger partial charge in [-0.3, -0.25) is 4.79 Å². The van der Waals surface area contributed by atoms with Crippen molar-refractivity contribution in [1.82, 2.24) is 15.0 Å². The molecule has 1 fully saturated rings. The standard InChI is InChI=1S/C17H19N3O3S/c1-10-18-16(23-19-10)14-8-12(21)9-20(14)17(22)15-13-5-3-2-4-11(13)6-7-24-15/h2-5,12,14-15,21H,6-9H2,1H3/t12-,14-,15-/m1/s1. The van der Waals surface area contributed by atoms with Gasteiger partial charge in [-0.05, 0) is 30.2 Å². The van der Waals surface area contributed by atoms with Gasteiger partial charge in [0, 0.05) is 13.0 Å². The summed E-state index contributed by atoms with van der Waals surface area (Å²) in [4.78, 5) is 19.2. The van der Waals surface area contributed by atoms with Crippen LogP contribution >= 0.6 is 11.8 Å². The molecule has 0 bridgehead atoms. The van der Waals surface area contributed by atoms with Crippen LogP contribution in [-0.4, -0.2) is 44.5 Å². The molecule has 2 aliphatic heterocycles. The Morgan fingerprint density at radius 2 is 2.25 bits per heavy atom. The van der Waals surface area contributed by atoms with Gasteiger partial charge in [-0.1, -0.05) is 29.4 Å². The Morgan fingerprint density at radius 1 is 1.42 bits per heavy atom. The summed E-state index contributed by atoms with van der Waals surface area (Å²) in [5, 5.41) is 13.7. The maximum Gasteiger partial charge on any atom is 0.249 e. The molecule has 1 amide bonds. The van der Waals surface area contributed by atoms with Crippen LogP contribution in [-0.2, 0) is 11.2 Å². The summed E-state index contributed by atoms with van der Waals surface area (Å²) in [6.07, 6.45) is 0.862. The first-order chi connectivity index (χ1) is 11.6. The number of β-amino-alcohol motifs (C(OH)–C–C–N with tert-alkyl or cyclic N) is 1. The van der Waals surface area contributed by atoms with Crippen LogP contribution in [0.5, 0.6) is 0 Å². The second kappa shape index (κ2) is 6.22. The first kappa shape index (κ1) is 15.7. The summed E-state index contributed by atoms with van der Waals surface area (Å²) in [6.45, 7) is 2.06. The third-order valence-electron chi connectivity index (χ3n) is 4.61. The van der Waals surface area contributed by atoms with E-state index >= 15 is 0 Å². The van der Waals surface area contributed by atoms with Crippen molar-refractivity contribution in [2.45, 2.75) is 37.2 Å². The molecule has 1 N–H and O–H groups in total. The molecule has 126 valence electrons. The van der Waals surface area contributed by atoms with E-state index in [4.69, 9.17) is 4.52 Å². The maximum absolute atomic E-state index is 13.2. The quantitative estimate of drug-likeness (QED) is 0.897. The van der Waals surface area contributed by atoms with Gasteiger partial charge < -0.3 is 14.5 Å². The van der Waals surface area contributed by atoms with E-state index in [9.17, 15) is 9.90 Å². The SMILES string of the molecule is Cc1noc([C@H]2C[C@@H](O)CN2C(=O)[C@@H]2SCCc3ccccc32)n1. The molecule has 0 aliphatic carbocycles. The monoisotopic (exact) mass is 345 g/mol. The maximum atomic E-state index is 13.2. The molecule has 0 saturated carbocycles. The number of benzene rings is 1. The molecule has 6 nitrogen and oxygen atoms in total. The minimum atomic E-state index is -0.560. The summed E-state index contributed by atoms with van der Waals surface area (Å²) in [5.41, 5.74) is 2.32. The average molecular weight is 345 g/mol. The molecule has 3 atom stereocenters. The molecule has 1 saturated heterocycles. The Morgan fingerprint density at radius 3 is 3.04 bits per heavy atom. The van der Waals surface area contributed by atoms with Crippen molar-refractivity contribution in [1.29, 1.82) is 0 Å². The second-order valence-corrected chi connectivity index (χ2v) is 7.49. The van der Waals surface area contributed by atoms with E-state index in [2.05, 4.69) is 16.2 Å². The van der Waals surface area contributed by atoms with Crippen molar-refractivity contribution in [2.24, 2.45) is 0 Å². The van der Waals surface area contributed by atoms with Gasteiger partial charge in [0.05, 0.1) is 6.10 Å². The summed E-state index contributed by atoms with van der Waals surface area (Å²) in [6, 6.07) is 7.77. The van der Waals surface area contributed by atoms with Crippen molar-refractivity contribution in [2.75, 3.05) is 12.3 Å². The molecule has 3 heterocycles. The zero-order chi connectivity index (χ0) is 16.7. The lowest BCUT2D eigenvalue weighted by molar-refractivity contribution is -0.132. The number of nitrogens with zero attached hydrogens (tertiary/aromatic N) is 3. The highest BCUT2D eigenvalue weighted by Gasteiger charge is 2.42. The van der Waals surface area contributed by atoms with E-state index in [0.29, 0.717) is 24.7 Å². The number of fused-ring (bicyclic) bond motifs is 1. The van der Waals surface area contributed by atoms with Gasteiger partial charge in [0.15, 0.2) is 5.82 Å². The van der Waals surface area contributed by atoms with Crippen LogP contribution < -0.4 is 0 Å². The van der Waals surface area contributed by atoms with Crippen molar-refractivity contribution in [3.8, 4) is 0 Å². The van der Waals surface area contributed by atoms with Crippen LogP contribution in [0, 0.1) is 6.92 Å². The number of aliphatic hydroxyl groups is 1. The van der Waals surface area contributed by atoms with Gasteiger partial charge in [-0.2, -0.15) is 4.98 Å². The predicted molar refractivity (Wildman–Crippen MR) is 89.5 cm³/mol. The van der Waals surface area contributed by atoms with Crippen molar-refractivity contribution in [3.05, 3.63) is 47.1 Å². The molecule has 2 aromatic rings. The molecule has 0 spiro atoms. The zero-order valence-corrected chi connectivity index (χ0v) is 14.2. The van der Waals surface area contributed by atoms with Gasteiger partial charge in [0.25, 0.3) is 0 Å². The van der Waals surface area contributed by atoms with Crippen molar-refractivity contribution in [3.63, 3.8) is 0 Å².